The number of aryl methyl sites for hydroxylation is 1. The van der Waals surface area contributed by atoms with E-state index in [9.17, 15) is 9.59 Å². The Morgan fingerprint density at radius 1 is 1.39 bits per heavy atom. The summed E-state index contributed by atoms with van der Waals surface area (Å²) in [6.07, 6.45) is 0. The lowest BCUT2D eigenvalue weighted by atomic mass is 10.2. The van der Waals surface area contributed by atoms with Crippen molar-refractivity contribution in [3.05, 3.63) is 40.8 Å². The second kappa shape index (κ2) is 6.43. The summed E-state index contributed by atoms with van der Waals surface area (Å²) < 4.78 is 0. The minimum atomic E-state index is -0.554. The molecule has 23 heavy (non-hydrogen) atoms. The molecule has 2 heterocycles. The monoisotopic (exact) mass is 346 g/mol. The smallest absolute Gasteiger partial charge is 0.251 e. The van der Waals surface area contributed by atoms with Crippen LogP contribution in [0.15, 0.2) is 34.8 Å². The molecule has 0 saturated heterocycles. The lowest BCUT2D eigenvalue weighted by Gasteiger charge is -2.03. The van der Waals surface area contributed by atoms with Crippen LogP contribution in [-0.2, 0) is 4.79 Å². The van der Waals surface area contributed by atoms with Gasteiger partial charge in [0.25, 0.3) is 5.91 Å². The van der Waals surface area contributed by atoms with E-state index < -0.39 is 5.91 Å². The summed E-state index contributed by atoms with van der Waals surface area (Å²) in [6, 6.07) is 7.54. The first kappa shape index (κ1) is 15.6. The highest BCUT2D eigenvalue weighted by Gasteiger charge is 2.13. The zero-order valence-corrected chi connectivity index (χ0v) is 13.9. The number of fused-ring (bicyclic) bond motifs is 1. The normalized spacial score (nSPS) is 10.8. The molecule has 0 spiro atoms. The van der Waals surface area contributed by atoms with Gasteiger partial charge in [-0.2, -0.15) is 0 Å². The van der Waals surface area contributed by atoms with E-state index in [0.29, 0.717) is 15.7 Å². The van der Waals surface area contributed by atoms with Crippen LogP contribution in [0.25, 0.3) is 11.0 Å². The number of thioether (sulfide) groups is 1. The fraction of sp³-hybridized carbons (Fsp3) is 0.133. The molecule has 3 aromatic rings. The third-order valence-electron chi connectivity index (χ3n) is 3.14. The lowest BCUT2D eigenvalue weighted by Crippen LogP contribution is -2.17. The molecule has 0 aliphatic rings. The van der Waals surface area contributed by atoms with Crippen molar-refractivity contribution in [1.29, 1.82) is 0 Å². The molecule has 0 saturated carbocycles. The predicted octanol–water partition coefficient (Wildman–Crippen LogP) is 2.76. The van der Waals surface area contributed by atoms with Crippen molar-refractivity contribution >= 4 is 50.9 Å². The third kappa shape index (κ3) is 3.54. The zero-order valence-electron chi connectivity index (χ0n) is 12.3. The molecule has 118 valence electrons. The number of rotatable bonds is 5. The van der Waals surface area contributed by atoms with E-state index in [-0.39, 0.29) is 11.7 Å². The standard InChI is InChI=1S/C15H14N4O2S2/c1-8-2-3-10-11(6-8)18-15(17-10)23-7-12(20)19-14-9(13(16)21)4-5-22-14/h2-6H,7H2,1H3,(H2,16,21)(H,17,18)(H,19,20). The fourth-order valence-corrected chi connectivity index (χ4v) is 3.56. The summed E-state index contributed by atoms with van der Waals surface area (Å²) in [5.41, 5.74) is 8.54. The number of amides is 2. The van der Waals surface area contributed by atoms with Gasteiger partial charge in [-0.25, -0.2) is 4.98 Å². The first-order valence-corrected chi connectivity index (χ1v) is 8.66. The Kier molecular flexibility index (Phi) is 4.35. The minimum absolute atomic E-state index is 0.189. The van der Waals surface area contributed by atoms with Crippen LogP contribution >= 0.6 is 23.1 Å². The van der Waals surface area contributed by atoms with Crippen LogP contribution in [0, 0.1) is 6.92 Å². The molecule has 0 radical (unpaired) electrons. The van der Waals surface area contributed by atoms with Gasteiger partial charge >= 0.3 is 0 Å². The summed E-state index contributed by atoms with van der Waals surface area (Å²) in [6.45, 7) is 2.01. The average molecular weight is 346 g/mol. The van der Waals surface area contributed by atoms with Crippen LogP contribution in [0.5, 0.6) is 0 Å². The molecule has 0 aliphatic carbocycles. The number of hydrogen-bond donors (Lipinski definition) is 3. The van der Waals surface area contributed by atoms with Gasteiger partial charge in [-0.1, -0.05) is 17.8 Å². The van der Waals surface area contributed by atoms with E-state index in [0.717, 1.165) is 16.6 Å². The predicted molar refractivity (Wildman–Crippen MR) is 93.0 cm³/mol. The number of nitrogens with zero attached hydrogens (tertiary/aromatic N) is 1. The summed E-state index contributed by atoms with van der Waals surface area (Å²) in [7, 11) is 0. The highest BCUT2D eigenvalue weighted by Crippen LogP contribution is 2.24. The van der Waals surface area contributed by atoms with E-state index in [1.54, 1.807) is 11.4 Å². The Morgan fingerprint density at radius 3 is 3.00 bits per heavy atom. The lowest BCUT2D eigenvalue weighted by molar-refractivity contribution is -0.113. The molecule has 6 nitrogen and oxygen atoms in total. The number of nitrogens with one attached hydrogen (secondary N) is 2. The fourth-order valence-electron chi connectivity index (χ4n) is 2.07. The molecular weight excluding hydrogens is 332 g/mol. The maximum absolute atomic E-state index is 12.0. The van der Waals surface area contributed by atoms with Crippen LogP contribution < -0.4 is 11.1 Å². The summed E-state index contributed by atoms with van der Waals surface area (Å²) in [5.74, 6) is -0.576. The maximum Gasteiger partial charge on any atom is 0.251 e. The van der Waals surface area contributed by atoms with Crippen molar-refractivity contribution in [2.75, 3.05) is 11.1 Å². The van der Waals surface area contributed by atoms with E-state index in [2.05, 4.69) is 15.3 Å². The first-order chi connectivity index (χ1) is 11.0. The summed E-state index contributed by atoms with van der Waals surface area (Å²) in [4.78, 5) is 30.8. The number of carbonyl (C=O) groups excluding carboxylic acids is 2. The van der Waals surface area contributed by atoms with Gasteiger partial charge in [-0.15, -0.1) is 11.3 Å². The minimum Gasteiger partial charge on any atom is -0.366 e. The Bertz CT molecular complexity index is 885. The van der Waals surface area contributed by atoms with Crippen molar-refractivity contribution in [3.8, 4) is 0 Å². The summed E-state index contributed by atoms with van der Waals surface area (Å²) >= 11 is 2.57. The molecule has 2 aromatic heterocycles. The topological polar surface area (TPSA) is 101 Å². The zero-order chi connectivity index (χ0) is 16.4. The number of H-pyrrole nitrogens is 1. The van der Waals surface area contributed by atoms with Gasteiger partial charge in [-0.3, -0.25) is 9.59 Å². The van der Waals surface area contributed by atoms with Crippen molar-refractivity contribution in [3.63, 3.8) is 0 Å². The van der Waals surface area contributed by atoms with Crippen LogP contribution in [0.2, 0.25) is 0 Å². The molecule has 3 rings (SSSR count). The number of benzene rings is 1. The third-order valence-corrected chi connectivity index (χ3v) is 4.84. The number of anilines is 1. The first-order valence-electron chi connectivity index (χ1n) is 6.79. The van der Waals surface area contributed by atoms with E-state index >= 15 is 0 Å². The highest BCUT2D eigenvalue weighted by molar-refractivity contribution is 7.99. The van der Waals surface area contributed by atoms with Gasteiger partial charge in [0.2, 0.25) is 5.91 Å². The highest BCUT2D eigenvalue weighted by atomic mass is 32.2. The Labute approximate surface area is 140 Å². The van der Waals surface area contributed by atoms with Crippen LogP contribution in [-0.4, -0.2) is 27.5 Å². The number of imidazole rings is 1. The number of aromatic amines is 1. The molecule has 0 fully saturated rings. The Balaban J connectivity index is 1.63. The van der Waals surface area contributed by atoms with E-state index in [1.807, 2.05) is 25.1 Å². The molecule has 0 bridgehead atoms. The maximum atomic E-state index is 12.0. The number of thiophene rings is 1. The molecule has 2 amide bonds. The van der Waals surface area contributed by atoms with Gasteiger partial charge in [0.05, 0.1) is 22.3 Å². The Morgan fingerprint density at radius 2 is 2.22 bits per heavy atom. The van der Waals surface area contributed by atoms with Crippen LogP contribution in [0.3, 0.4) is 0 Å². The molecule has 0 unspecified atom stereocenters. The molecule has 8 heteroatoms. The van der Waals surface area contributed by atoms with Gasteiger partial charge in [-0.05, 0) is 36.1 Å². The summed E-state index contributed by atoms with van der Waals surface area (Å²) in [5, 5.41) is 5.57. The quantitative estimate of drug-likeness (QED) is 0.618. The molecule has 0 atom stereocenters. The van der Waals surface area contributed by atoms with Crippen LogP contribution in [0.1, 0.15) is 15.9 Å². The van der Waals surface area contributed by atoms with E-state index in [4.69, 9.17) is 5.73 Å². The molecule has 0 aliphatic heterocycles. The van der Waals surface area contributed by atoms with Gasteiger partial charge in [0.15, 0.2) is 5.16 Å². The second-order valence-corrected chi connectivity index (χ2v) is 6.81. The molecule has 1 aromatic carbocycles. The van der Waals surface area contributed by atoms with Gasteiger partial charge in [0, 0.05) is 0 Å². The molecule has 4 N–H and O–H groups in total. The number of nitrogens with two attached hydrogens (primary N) is 1. The largest absolute Gasteiger partial charge is 0.366 e. The number of primary amides is 1. The van der Waals surface area contributed by atoms with Crippen molar-refractivity contribution < 1.29 is 9.59 Å². The van der Waals surface area contributed by atoms with Gasteiger partial charge < -0.3 is 16.0 Å². The van der Waals surface area contributed by atoms with Gasteiger partial charge in [0.1, 0.15) is 5.00 Å². The van der Waals surface area contributed by atoms with E-state index in [1.165, 1.54) is 23.1 Å². The number of carbonyl (C=O) groups is 2. The average Bonchev–Trinajstić information content (AvgIpc) is 3.10. The SMILES string of the molecule is Cc1ccc2nc(SCC(=O)Nc3sccc3C(N)=O)[nH]c2c1. The molecular formula is C15H14N4O2S2. The Hall–Kier alpha value is -2.32. The number of hydrogen-bond acceptors (Lipinski definition) is 5. The van der Waals surface area contributed by atoms with Crippen LogP contribution in [0.4, 0.5) is 5.00 Å². The van der Waals surface area contributed by atoms with Crippen molar-refractivity contribution in [2.24, 2.45) is 5.73 Å². The van der Waals surface area contributed by atoms with Crippen molar-refractivity contribution in [2.45, 2.75) is 12.1 Å². The van der Waals surface area contributed by atoms with Crippen molar-refractivity contribution in [1.82, 2.24) is 9.97 Å². The second-order valence-electron chi connectivity index (χ2n) is 4.93. The number of aromatic nitrogens is 2.